The van der Waals surface area contributed by atoms with Gasteiger partial charge in [-0.2, -0.15) is 0 Å². The molecule has 1 N–H and O–H groups in total. The van der Waals surface area contributed by atoms with Crippen LogP contribution in [0.1, 0.15) is 52.5 Å². The first kappa shape index (κ1) is 21.4. The number of carbonyl (C=O) groups is 2. The Labute approximate surface area is 163 Å². The van der Waals surface area contributed by atoms with Crippen LogP contribution in [0.15, 0.2) is 30.3 Å². The molecule has 1 atom stereocenters. The molecular formula is C22H34N2O3. The first-order valence-electron chi connectivity index (χ1n) is 10.0. The van der Waals surface area contributed by atoms with Gasteiger partial charge in [0, 0.05) is 19.5 Å². The molecule has 1 aliphatic heterocycles. The molecule has 5 nitrogen and oxygen atoms in total. The maximum absolute atomic E-state index is 12.8. The number of rotatable bonds is 8. The maximum atomic E-state index is 12.8. The van der Waals surface area contributed by atoms with Crippen LogP contribution in [-0.4, -0.2) is 49.1 Å². The zero-order chi connectivity index (χ0) is 19.9. The van der Waals surface area contributed by atoms with Gasteiger partial charge < -0.3 is 15.0 Å². The standard InChI is InChI=1S/C22H34N2O3/c1-17(2)16-19(21(26)24-12-14-27-15-13-24)23-20(25)10-11-22(3,4)18-8-6-5-7-9-18/h5-9,17,19H,10-16H2,1-4H3,(H,23,25)/t19-/m0/s1. The lowest BCUT2D eigenvalue weighted by Gasteiger charge is -2.31. The topological polar surface area (TPSA) is 58.6 Å². The molecule has 2 rings (SSSR count). The van der Waals surface area contributed by atoms with E-state index in [0.717, 1.165) is 6.42 Å². The van der Waals surface area contributed by atoms with Crippen molar-refractivity contribution < 1.29 is 14.3 Å². The van der Waals surface area contributed by atoms with Crippen LogP contribution in [0.25, 0.3) is 0 Å². The van der Waals surface area contributed by atoms with Gasteiger partial charge in [0.05, 0.1) is 13.2 Å². The monoisotopic (exact) mass is 374 g/mol. The molecule has 5 heteroatoms. The van der Waals surface area contributed by atoms with Crippen molar-refractivity contribution in [3.8, 4) is 0 Å². The number of amides is 2. The number of benzene rings is 1. The molecule has 1 aromatic carbocycles. The quantitative estimate of drug-likeness (QED) is 0.760. The minimum Gasteiger partial charge on any atom is -0.378 e. The van der Waals surface area contributed by atoms with Crippen LogP contribution in [0.4, 0.5) is 0 Å². The van der Waals surface area contributed by atoms with E-state index in [0.29, 0.717) is 45.1 Å². The van der Waals surface area contributed by atoms with Crippen molar-refractivity contribution in [2.45, 2.75) is 58.4 Å². The summed E-state index contributed by atoms with van der Waals surface area (Å²) in [4.78, 5) is 27.3. The Morgan fingerprint density at radius 1 is 1.15 bits per heavy atom. The minimum atomic E-state index is -0.449. The van der Waals surface area contributed by atoms with Gasteiger partial charge in [-0.25, -0.2) is 0 Å². The molecule has 1 fully saturated rings. The third-order valence-electron chi connectivity index (χ3n) is 5.20. The predicted octanol–water partition coefficient (Wildman–Crippen LogP) is 3.13. The molecule has 0 radical (unpaired) electrons. The van der Waals surface area contributed by atoms with Crippen molar-refractivity contribution in [1.82, 2.24) is 10.2 Å². The average molecular weight is 375 g/mol. The summed E-state index contributed by atoms with van der Waals surface area (Å²) in [5.41, 5.74) is 1.14. The van der Waals surface area contributed by atoms with E-state index in [1.54, 1.807) is 0 Å². The molecule has 0 spiro atoms. The van der Waals surface area contributed by atoms with Gasteiger partial charge in [0.2, 0.25) is 11.8 Å². The molecule has 1 aromatic rings. The highest BCUT2D eigenvalue weighted by molar-refractivity contribution is 5.87. The average Bonchev–Trinajstić information content (AvgIpc) is 2.66. The summed E-state index contributed by atoms with van der Waals surface area (Å²) in [7, 11) is 0. The fourth-order valence-corrected chi connectivity index (χ4v) is 3.42. The van der Waals surface area contributed by atoms with Gasteiger partial charge >= 0.3 is 0 Å². The fourth-order valence-electron chi connectivity index (χ4n) is 3.42. The van der Waals surface area contributed by atoms with Crippen LogP contribution in [0, 0.1) is 5.92 Å². The molecule has 0 saturated carbocycles. The largest absolute Gasteiger partial charge is 0.378 e. The predicted molar refractivity (Wildman–Crippen MR) is 107 cm³/mol. The molecule has 1 aliphatic rings. The van der Waals surface area contributed by atoms with Gasteiger partial charge in [-0.1, -0.05) is 58.0 Å². The molecule has 0 aromatic heterocycles. The number of ether oxygens (including phenoxy) is 1. The summed E-state index contributed by atoms with van der Waals surface area (Å²) in [5.74, 6) is 0.301. The SMILES string of the molecule is CC(C)C[C@H](NC(=O)CCC(C)(C)c1ccccc1)C(=O)N1CCOCC1. The summed E-state index contributed by atoms with van der Waals surface area (Å²) in [6.07, 6.45) is 1.81. The van der Waals surface area contributed by atoms with Gasteiger partial charge in [0.25, 0.3) is 0 Å². The van der Waals surface area contributed by atoms with E-state index in [-0.39, 0.29) is 17.2 Å². The molecule has 27 heavy (non-hydrogen) atoms. The van der Waals surface area contributed by atoms with Crippen LogP contribution >= 0.6 is 0 Å². The number of hydrogen-bond donors (Lipinski definition) is 1. The van der Waals surface area contributed by atoms with Crippen LogP contribution in [0.5, 0.6) is 0 Å². The molecule has 0 bridgehead atoms. The molecule has 0 aliphatic carbocycles. The zero-order valence-electron chi connectivity index (χ0n) is 17.2. The lowest BCUT2D eigenvalue weighted by molar-refractivity contribution is -0.140. The second-order valence-corrected chi connectivity index (χ2v) is 8.44. The number of nitrogens with zero attached hydrogens (tertiary/aromatic N) is 1. The molecule has 1 heterocycles. The van der Waals surface area contributed by atoms with Gasteiger partial charge in [0.15, 0.2) is 0 Å². The number of hydrogen-bond acceptors (Lipinski definition) is 3. The number of morpholine rings is 1. The van der Waals surface area contributed by atoms with Crippen molar-refractivity contribution >= 4 is 11.8 Å². The minimum absolute atomic E-state index is 0.0164. The smallest absolute Gasteiger partial charge is 0.245 e. The summed E-state index contributed by atoms with van der Waals surface area (Å²) in [5, 5.41) is 3.00. The highest BCUT2D eigenvalue weighted by atomic mass is 16.5. The highest BCUT2D eigenvalue weighted by Crippen LogP contribution is 2.28. The highest BCUT2D eigenvalue weighted by Gasteiger charge is 2.28. The molecule has 0 unspecified atom stereocenters. The van der Waals surface area contributed by atoms with E-state index in [1.807, 2.05) is 23.1 Å². The zero-order valence-corrected chi connectivity index (χ0v) is 17.2. The van der Waals surface area contributed by atoms with Crippen LogP contribution in [0.2, 0.25) is 0 Å². The van der Waals surface area contributed by atoms with Crippen LogP contribution in [-0.2, 0) is 19.7 Å². The lowest BCUT2D eigenvalue weighted by atomic mass is 9.80. The Hall–Kier alpha value is -1.88. The Kier molecular flexibility index (Phi) is 7.84. The molecule has 2 amide bonds. The second kappa shape index (κ2) is 9.88. The van der Waals surface area contributed by atoms with E-state index >= 15 is 0 Å². The van der Waals surface area contributed by atoms with Crippen molar-refractivity contribution in [2.24, 2.45) is 5.92 Å². The number of carbonyl (C=O) groups excluding carboxylic acids is 2. The molecule has 1 saturated heterocycles. The van der Waals surface area contributed by atoms with Crippen molar-refractivity contribution in [3.05, 3.63) is 35.9 Å². The van der Waals surface area contributed by atoms with E-state index in [1.165, 1.54) is 5.56 Å². The van der Waals surface area contributed by atoms with Crippen LogP contribution in [0.3, 0.4) is 0 Å². The van der Waals surface area contributed by atoms with Crippen molar-refractivity contribution in [3.63, 3.8) is 0 Å². The normalized spacial score (nSPS) is 16.3. The molecular weight excluding hydrogens is 340 g/mol. The van der Waals surface area contributed by atoms with Crippen LogP contribution < -0.4 is 5.32 Å². The summed E-state index contributed by atoms with van der Waals surface area (Å²) in [6, 6.07) is 9.80. The molecule has 150 valence electrons. The Balaban J connectivity index is 1.93. The fraction of sp³-hybridized carbons (Fsp3) is 0.636. The Morgan fingerprint density at radius 3 is 2.37 bits per heavy atom. The maximum Gasteiger partial charge on any atom is 0.245 e. The van der Waals surface area contributed by atoms with Gasteiger partial charge in [-0.05, 0) is 29.7 Å². The first-order chi connectivity index (χ1) is 12.8. The van der Waals surface area contributed by atoms with E-state index in [9.17, 15) is 9.59 Å². The van der Waals surface area contributed by atoms with E-state index < -0.39 is 6.04 Å². The Morgan fingerprint density at radius 2 is 1.78 bits per heavy atom. The first-order valence-corrected chi connectivity index (χ1v) is 10.0. The third kappa shape index (κ3) is 6.65. The third-order valence-corrected chi connectivity index (χ3v) is 5.20. The lowest BCUT2D eigenvalue weighted by Crippen LogP contribution is -2.52. The summed E-state index contributed by atoms with van der Waals surface area (Å²) < 4.78 is 5.33. The summed E-state index contributed by atoms with van der Waals surface area (Å²) >= 11 is 0. The summed E-state index contributed by atoms with van der Waals surface area (Å²) in [6.45, 7) is 10.8. The Bertz CT molecular complexity index is 607. The van der Waals surface area contributed by atoms with Gasteiger partial charge in [-0.15, -0.1) is 0 Å². The van der Waals surface area contributed by atoms with Crippen molar-refractivity contribution in [2.75, 3.05) is 26.3 Å². The van der Waals surface area contributed by atoms with E-state index in [4.69, 9.17) is 4.74 Å². The van der Waals surface area contributed by atoms with Gasteiger partial charge in [-0.3, -0.25) is 9.59 Å². The number of nitrogens with one attached hydrogen (secondary N) is 1. The van der Waals surface area contributed by atoms with Gasteiger partial charge in [0.1, 0.15) is 6.04 Å². The van der Waals surface area contributed by atoms with Crippen molar-refractivity contribution in [1.29, 1.82) is 0 Å². The second-order valence-electron chi connectivity index (χ2n) is 8.44. The van der Waals surface area contributed by atoms with E-state index in [2.05, 4.69) is 45.1 Å².